The van der Waals surface area contributed by atoms with Crippen LogP contribution in [0.3, 0.4) is 0 Å². The summed E-state index contributed by atoms with van der Waals surface area (Å²) in [7, 11) is 0. The summed E-state index contributed by atoms with van der Waals surface area (Å²) in [4.78, 5) is 69.3. The molecule has 0 spiro atoms. The van der Waals surface area contributed by atoms with Crippen molar-refractivity contribution in [2.24, 2.45) is 17.4 Å². The maximum atomic E-state index is 12.5. The highest BCUT2D eigenvalue weighted by Crippen LogP contribution is 2.09. The summed E-state index contributed by atoms with van der Waals surface area (Å²) < 4.78 is 0. The van der Waals surface area contributed by atoms with Crippen molar-refractivity contribution in [3.63, 3.8) is 0 Å². The second-order valence-electron chi connectivity index (χ2n) is 7.09. The average Bonchev–Trinajstić information content (AvgIpc) is 2.69. The molecule has 13 nitrogen and oxygen atoms in total. The van der Waals surface area contributed by atoms with Crippen LogP contribution in [0.15, 0.2) is 0 Å². The Morgan fingerprint density at radius 2 is 1.55 bits per heavy atom. The largest absolute Gasteiger partial charge is 0.481 e. The highest BCUT2D eigenvalue weighted by Gasteiger charge is 2.30. The van der Waals surface area contributed by atoms with E-state index in [-0.39, 0.29) is 25.2 Å². The van der Waals surface area contributed by atoms with Crippen LogP contribution < -0.4 is 27.4 Å². The van der Waals surface area contributed by atoms with Crippen LogP contribution in [0, 0.1) is 5.92 Å². The first-order valence-electron chi connectivity index (χ1n) is 9.74. The lowest BCUT2D eigenvalue weighted by Gasteiger charge is -2.25. The Kier molecular flexibility index (Phi) is 12.5. The van der Waals surface area contributed by atoms with E-state index in [0.717, 1.165) is 0 Å². The summed E-state index contributed by atoms with van der Waals surface area (Å²) in [6.07, 6.45) is -0.399. The number of carboxylic acids is 2. The zero-order valence-electron chi connectivity index (χ0n) is 17.6. The van der Waals surface area contributed by atoms with Crippen LogP contribution in [0.5, 0.6) is 0 Å². The third kappa shape index (κ3) is 11.5. The topological polar surface area (TPSA) is 231 Å². The second kappa shape index (κ2) is 13.9. The SMILES string of the molecule is CCC(C)C(NC(=O)CNC(=O)C(N)CCC(N)=O)C(=O)NC(CCC(=O)O)C(=O)O. The molecule has 0 bridgehead atoms. The molecule has 0 saturated heterocycles. The molecule has 176 valence electrons. The molecule has 0 aliphatic rings. The van der Waals surface area contributed by atoms with Crippen molar-refractivity contribution in [3.05, 3.63) is 0 Å². The van der Waals surface area contributed by atoms with E-state index in [1.807, 2.05) is 0 Å². The standard InChI is InChI=1S/C18H31N5O8/c1-3-9(2)15(17(29)22-11(18(30)31)5-7-14(26)27)23-13(25)8-21-16(28)10(19)4-6-12(20)24/h9-11,15H,3-8,19H2,1-2H3,(H2,20,24)(H,21,28)(H,22,29)(H,23,25)(H,26,27)(H,30,31). The minimum atomic E-state index is -1.44. The van der Waals surface area contributed by atoms with Crippen molar-refractivity contribution in [3.8, 4) is 0 Å². The molecule has 0 aliphatic heterocycles. The Balaban J connectivity index is 4.92. The monoisotopic (exact) mass is 445 g/mol. The number of hydrogen-bond acceptors (Lipinski definition) is 7. The number of amides is 4. The molecule has 31 heavy (non-hydrogen) atoms. The van der Waals surface area contributed by atoms with Gasteiger partial charge in [-0.15, -0.1) is 0 Å². The third-order valence-corrected chi connectivity index (χ3v) is 4.54. The van der Waals surface area contributed by atoms with E-state index in [1.54, 1.807) is 13.8 Å². The third-order valence-electron chi connectivity index (χ3n) is 4.54. The van der Waals surface area contributed by atoms with Crippen molar-refractivity contribution in [2.75, 3.05) is 6.54 Å². The van der Waals surface area contributed by atoms with Gasteiger partial charge in [0.2, 0.25) is 23.6 Å². The minimum Gasteiger partial charge on any atom is -0.481 e. The predicted molar refractivity (Wildman–Crippen MR) is 107 cm³/mol. The molecule has 4 unspecified atom stereocenters. The summed E-state index contributed by atoms with van der Waals surface area (Å²) in [6.45, 7) is 2.93. The number of aliphatic carboxylic acids is 2. The summed E-state index contributed by atoms with van der Waals surface area (Å²) in [5, 5.41) is 24.8. The fourth-order valence-electron chi connectivity index (χ4n) is 2.44. The fraction of sp³-hybridized carbons (Fsp3) is 0.667. The molecule has 0 radical (unpaired) electrons. The van der Waals surface area contributed by atoms with Gasteiger partial charge in [0.1, 0.15) is 12.1 Å². The van der Waals surface area contributed by atoms with Crippen molar-refractivity contribution >= 4 is 35.6 Å². The van der Waals surface area contributed by atoms with Crippen LogP contribution in [0.1, 0.15) is 46.0 Å². The van der Waals surface area contributed by atoms with Crippen LogP contribution in [-0.4, -0.2) is 70.5 Å². The zero-order chi connectivity index (χ0) is 24.1. The van der Waals surface area contributed by atoms with Gasteiger partial charge in [0.05, 0.1) is 12.6 Å². The minimum absolute atomic E-state index is 0.00754. The molecule has 0 saturated carbocycles. The Morgan fingerprint density at radius 1 is 0.935 bits per heavy atom. The number of hydrogen-bond donors (Lipinski definition) is 7. The van der Waals surface area contributed by atoms with Gasteiger partial charge >= 0.3 is 11.9 Å². The lowest BCUT2D eigenvalue weighted by molar-refractivity contribution is -0.143. The number of carboxylic acid groups (broad SMARTS) is 2. The van der Waals surface area contributed by atoms with Crippen LogP contribution in [0.4, 0.5) is 0 Å². The fourth-order valence-corrected chi connectivity index (χ4v) is 2.44. The average molecular weight is 445 g/mol. The van der Waals surface area contributed by atoms with Gasteiger partial charge in [-0.1, -0.05) is 20.3 Å². The normalized spacial score (nSPS) is 14.4. The van der Waals surface area contributed by atoms with E-state index in [0.29, 0.717) is 6.42 Å². The molecule has 0 aromatic carbocycles. The van der Waals surface area contributed by atoms with Gasteiger partial charge in [-0.2, -0.15) is 0 Å². The predicted octanol–water partition coefficient (Wildman–Crippen LogP) is -2.34. The van der Waals surface area contributed by atoms with Gasteiger partial charge in [0, 0.05) is 12.8 Å². The molecule has 13 heteroatoms. The molecule has 0 aliphatic carbocycles. The van der Waals surface area contributed by atoms with E-state index < -0.39 is 66.7 Å². The molecule has 0 heterocycles. The first kappa shape index (κ1) is 27.8. The molecule has 0 aromatic heterocycles. The Hall–Kier alpha value is -3.22. The van der Waals surface area contributed by atoms with Gasteiger partial charge in [-0.05, 0) is 18.8 Å². The number of nitrogens with two attached hydrogens (primary N) is 2. The van der Waals surface area contributed by atoms with Crippen LogP contribution in [0.25, 0.3) is 0 Å². The number of nitrogens with one attached hydrogen (secondary N) is 3. The second-order valence-corrected chi connectivity index (χ2v) is 7.09. The van der Waals surface area contributed by atoms with E-state index in [4.69, 9.17) is 16.6 Å². The first-order valence-corrected chi connectivity index (χ1v) is 9.74. The van der Waals surface area contributed by atoms with Crippen LogP contribution in [-0.2, 0) is 28.8 Å². The number of primary amides is 1. The van der Waals surface area contributed by atoms with E-state index in [9.17, 15) is 33.9 Å². The van der Waals surface area contributed by atoms with E-state index in [2.05, 4.69) is 16.0 Å². The zero-order valence-corrected chi connectivity index (χ0v) is 17.6. The van der Waals surface area contributed by atoms with Gasteiger partial charge < -0.3 is 37.6 Å². The molecule has 9 N–H and O–H groups in total. The first-order chi connectivity index (χ1) is 14.4. The van der Waals surface area contributed by atoms with Gasteiger partial charge in [-0.25, -0.2) is 4.79 Å². The van der Waals surface area contributed by atoms with Crippen LogP contribution >= 0.6 is 0 Å². The Morgan fingerprint density at radius 3 is 2.03 bits per heavy atom. The number of carbonyl (C=O) groups excluding carboxylic acids is 4. The Bertz CT molecular complexity index is 684. The maximum Gasteiger partial charge on any atom is 0.326 e. The Labute approximate surface area is 179 Å². The van der Waals surface area contributed by atoms with Crippen molar-refractivity contribution < 1.29 is 39.0 Å². The summed E-state index contributed by atoms with van der Waals surface area (Å²) in [5.74, 6) is -5.80. The van der Waals surface area contributed by atoms with Crippen LogP contribution in [0.2, 0.25) is 0 Å². The smallest absolute Gasteiger partial charge is 0.326 e. The number of carbonyl (C=O) groups is 6. The summed E-state index contributed by atoms with van der Waals surface area (Å²) in [5.41, 5.74) is 10.6. The highest BCUT2D eigenvalue weighted by molar-refractivity contribution is 5.92. The van der Waals surface area contributed by atoms with Crippen molar-refractivity contribution in [1.82, 2.24) is 16.0 Å². The quantitative estimate of drug-likeness (QED) is 0.143. The molecule has 4 atom stereocenters. The molecule has 0 aromatic rings. The van der Waals surface area contributed by atoms with Crippen molar-refractivity contribution in [1.29, 1.82) is 0 Å². The molecule has 0 rings (SSSR count). The van der Waals surface area contributed by atoms with Gasteiger partial charge in [0.25, 0.3) is 0 Å². The van der Waals surface area contributed by atoms with Gasteiger partial charge in [0.15, 0.2) is 0 Å². The molecule has 0 fully saturated rings. The highest BCUT2D eigenvalue weighted by atomic mass is 16.4. The van der Waals surface area contributed by atoms with Crippen molar-refractivity contribution in [2.45, 2.75) is 64.1 Å². The molecular formula is C18H31N5O8. The van der Waals surface area contributed by atoms with Gasteiger partial charge in [-0.3, -0.25) is 24.0 Å². The number of rotatable bonds is 15. The lowest BCUT2D eigenvalue weighted by atomic mass is 9.97. The summed E-state index contributed by atoms with van der Waals surface area (Å²) in [6, 6.07) is -3.58. The summed E-state index contributed by atoms with van der Waals surface area (Å²) >= 11 is 0. The maximum absolute atomic E-state index is 12.5. The van der Waals surface area contributed by atoms with E-state index >= 15 is 0 Å². The van der Waals surface area contributed by atoms with E-state index in [1.165, 1.54) is 0 Å². The molecular weight excluding hydrogens is 414 g/mol. The lowest BCUT2D eigenvalue weighted by Crippen LogP contribution is -2.55. The molecule has 4 amide bonds.